The van der Waals surface area contributed by atoms with Crippen molar-refractivity contribution in [3.8, 4) is 5.88 Å². The molecule has 1 saturated heterocycles. The number of carbonyl (C=O) groups is 3. The maximum atomic E-state index is 14.3. The third kappa shape index (κ3) is 6.89. The molecule has 5 atom stereocenters. The highest BCUT2D eigenvalue weighted by molar-refractivity contribution is 5.96. The van der Waals surface area contributed by atoms with Crippen LogP contribution in [0.15, 0.2) is 66.9 Å². The van der Waals surface area contributed by atoms with Crippen LogP contribution in [0.2, 0.25) is 0 Å². The number of aliphatic carboxylic acids is 1. The molecule has 3 heterocycles. The molecule has 2 fully saturated rings. The molecule has 1 saturated carbocycles. The molecule has 3 aliphatic rings. The summed E-state index contributed by atoms with van der Waals surface area (Å²) < 4.78 is 61.0. The standard InChI is InChI=1S/C34H34F4N4O5/c35-23-14-22(34(36,37)38)15-24(16-23)40-27-11-5-3-1-2-4-9-21-18-33(21,32(45)46)41-29(43)28-17-25(19-42(28)31(27)44)47-30-26-10-7-6-8-20(26)12-13-39-30/h4,6-10,12-16,21,25,27-28,40H,1-3,5,11,17-19H2,(H,41,43)(H,45,46)/b9-4-/t21-,25-,27+,28+,33-/m1/s1. The molecule has 0 spiro atoms. The largest absolute Gasteiger partial charge is 0.479 e. The van der Waals surface area contributed by atoms with E-state index < -0.39 is 65.0 Å². The number of hydrogen-bond donors (Lipinski definition) is 3. The Hall–Kier alpha value is -4.68. The number of fused-ring (bicyclic) bond motifs is 3. The lowest BCUT2D eigenvalue weighted by atomic mass is 10.0. The molecule has 6 rings (SSSR count). The highest BCUT2D eigenvalue weighted by Gasteiger charge is 2.61. The normalized spacial score (nSPS) is 27.5. The number of allylic oxidation sites excluding steroid dienone is 1. The first-order valence-electron chi connectivity index (χ1n) is 15.6. The van der Waals surface area contributed by atoms with E-state index in [1.165, 1.54) is 4.90 Å². The number of nitrogens with one attached hydrogen (secondary N) is 2. The molecule has 13 heteroatoms. The van der Waals surface area contributed by atoms with Crippen molar-refractivity contribution in [3.63, 3.8) is 0 Å². The Morgan fingerprint density at radius 2 is 1.91 bits per heavy atom. The highest BCUT2D eigenvalue weighted by atomic mass is 19.4. The molecular formula is C34H34F4N4O5. The zero-order valence-corrected chi connectivity index (χ0v) is 25.3. The predicted molar refractivity (Wildman–Crippen MR) is 164 cm³/mol. The summed E-state index contributed by atoms with van der Waals surface area (Å²) in [4.78, 5) is 46.1. The molecule has 0 radical (unpaired) electrons. The number of rotatable bonds is 5. The van der Waals surface area contributed by atoms with Gasteiger partial charge in [0.05, 0.1) is 12.1 Å². The van der Waals surface area contributed by atoms with Gasteiger partial charge in [0.2, 0.25) is 17.7 Å². The summed E-state index contributed by atoms with van der Waals surface area (Å²) in [7, 11) is 0. The highest BCUT2D eigenvalue weighted by Crippen LogP contribution is 2.45. The third-order valence-electron chi connectivity index (χ3n) is 9.10. The topological polar surface area (TPSA) is 121 Å². The number of ether oxygens (including phenoxy) is 1. The van der Waals surface area contributed by atoms with Crippen LogP contribution in [-0.4, -0.2) is 63.0 Å². The van der Waals surface area contributed by atoms with Gasteiger partial charge in [-0.05, 0) is 61.4 Å². The van der Waals surface area contributed by atoms with Gasteiger partial charge >= 0.3 is 12.1 Å². The molecule has 3 N–H and O–H groups in total. The Morgan fingerprint density at radius 3 is 2.70 bits per heavy atom. The van der Waals surface area contributed by atoms with Gasteiger partial charge in [-0.2, -0.15) is 13.2 Å². The van der Waals surface area contributed by atoms with Crippen LogP contribution >= 0.6 is 0 Å². The second-order valence-electron chi connectivity index (χ2n) is 12.4. The summed E-state index contributed by atoms with van der Waals surface area (Å²) in [5, 5.41) is 17.2. The van der Waals surface area contributed by atoms with Crippen LogP contribution in [0.4, 0.5) is 23.2 Å². The summed E-state index contributed by atoms with van der Waals surface area (Å²) in [6.45, 7) is -0.0691. The van der Waals surface area contributed by atoms with Crippen molar-refractivity contribution in [1.29, 1.82) is 0 Å². The summed E-state index contributed by atoms with van der Waals surface area (Å²) >= 11 is 0. The van der Waals surface area contributed by atoms with Gasteiger partial charge in [0, 0.05) is 29.6 Å². The number of carboxylic acids is 1. The first-order chi connectivity index (χ1) is 22.4. The average molecular weight is 655 g/mol. The zero-order chi connectivity index (χ0) is 33.3. The van der Waals surface area contributed by atoms with Crippen LogP contribution in [0.5, 0.6) is 5.88 Å². The van der Waals surface area contributed by atoms with E-state index in [0.29, 0.717) is 31.2 Å². The molecule has 1 aliphatic carbocycles. The number of amides is 2. The number of carbonyl (C=O) groups excluding carboxylic acids is 2. The molecule has 3 aromatic rings. The van der Waals surface area contributed by atoms with Crippen LogP contribution in [0.1, 0.15) is 50.5 Å². The Balaban J connectivity index is 1.33. The quantitative estimate of drug-likeness (QED) is 0.239. The van der Waals surface area contributed by atoms with E-state index in [9.17, 15) is 37.1 Å². The summed E-state index contributed by atoms with van der Waals surface area (Å²) in [5.74, 6) is -3.67. The van der Waals surface area contributed by atoms with Gasteiger partial charge in [0.25, 0.3) is 0 Å². The number of aromatic nitrogens is 1. The van der Waals surface area contributed by atoms with Crippen LogP contribution in [0.3, 0.4) is 0 Å². The number of alkyl halides is 3. The summed E-state index contributed by atoms with van der Waals surface area (Å²) in [5.41, 5.74) is -2.94. The molecule has 47 heavy (non-hydrogen) atoms. The lowest BCUT2D eigenvalue weighted by Gasteiger charge is -2.30. The van der Waals surface area contributed by atoms with Gasteiger partial charge in [-0.15, -0.1) is 0 Å². The van der Waals surface area contributed by atoms with Crippen LogP contribution in [-0.2, 0) is 20.6 Å². The van der Waals surface area contributed by atoms with E-state index in [1.54, 1.807) is 12.3 Å². The zero-order valence-electron chi connectivity index (χ0n) is 25.3. The number of anilines is 1. The van der Waals surface area contributed by atoms with Crippen molar-refractivity contribution in [3.05, 3.63) is 78.3 Å². The number of benzene rings is 2. The van der Waals surface area contributed by atoms with E-state index in [2.05, 4.69) is 15.6 Å². The maximum absolute atomic E-state index is 14.3. The van der Waals surface area contributed by atoms with Gasteiger partial charge in [0.1, 0.15) is 29.5 Å². The fourth-order valence-electron chi connectivity index (χ4n) is 6.53. The summed E-state index contributed by atoms with van der Waals surface area (Å²) in [6, 6.07) is 8.98. The van der Waals surface area contributed by atoms with Gasteiger partial charge < -0.3 is 25.4 Å². The average Bonchev–Trinajstić information content (AvgIpc) is 3.56. The molecule has 2 amide bonds. The van der Waals surface area contributed by atoms with Gasteiger partial charge in [-0.3, -0.25) is 9.59 Å². The van der Waals surface area contributed by atoms with Crippen molar-refractivity contribution >= 4 is 34.2 Å². The van der Waals surface area contributed by atoms with E-state index in [4.69, 9.17) is 4.74 Å². The fraction of sp³-hybridized carbons (Fsp3) is 0.412. The third-order valence-corrected chi connectivity index (χ3v) is 9.10. The van der Waals surface area contributed by atoms with Crippen LogP contribution in [0.25, 0.3) is 10.8 Å². The maximum Gasteiger partial charge on any atom is 0.416 e. The van der Waals surface area contributed by atoms with Crippen molar-refractivity contribution < 1.29 is 41.8 Å². The lowest BCUT2D eigenvalue weighted by molar-refractivity contribution is -0.145. The van der Waals surface area contributed by atoms with E-state index in [0.717, 1.165) is 29.3 Å². The van der Waals surface area contributed by atoms with Crippen molar-refractivity contribution in [2.45, 2.75) is 74.8 Å². The molecule has 2 aromatic carbocycles. The minimum absolute atomic E-state index is 0.0174. The Bertz CT molecular complexity index is 1710. The number of pyridine rings is 1. The monoisotopic (exact) mass is 654 g/mol. The smallest absolute Gasteiger partial charge is 0.416 e. The second-order valence-corrected chi connectivity index (χ2v) is 12.4. The first kappa shape index (κ1) is 32.3. The minimum Gasteiger partial charge on any atom is -0.479 e. The number of carboxylic acid groups (broad SMARTS) is 1. The minimum atomic E-state index is -4.81. The van der Waals surface area contributed by atoms with Crippen molar-refractivity contribution in [2.24, 2.45) is 5.92 Å². The number of halogens is 4. The molecule has 1 aromatic heterocycles. The molecule has 9 nitrogen and oxygen atoms in total. The van der Waals surface area contributed by atoms with Crippen LogP contribution in [0, 0.1) is 11.7 Å². The van der Waals surface area contributed by atoms with E-state index in [1.807, 2.05) is 36.4 Å². The van der Waals surface area contributed by atoms with Crippen LogP contribution < -0.4 is 15.4 Å². The van der Waals surface area contributed by atoms with Gasteiger partial charge in [-0.25, -0.2) is 14.2 Å². The molecular weight excluding hydrogens is 620 g/mol. The van der Waals surface area contributed by atoms with Gasteiger partial charge in [-0.1, -0.05) is 43.2 Å². The van der Waals surface area contributed by atoms with Gasteiger partial charge in [0.15, 0.2) is 0 Å². The Labute approximate surface area is 268 Å². The SMILES string of the molecule is O=C1N[C@]2(C(=O)O)C[C@H]2/C=C\CCCCC[C@H](Nc2cc(F)cc(C(F)(F)F)c2)C(=O)N2C[C@H](Oc3nccc4ccccc34)C[C@@H]12. The molecule has 248 valence electrons. The Kier molecular flexibility index (Phi) is 8.82. The number of hydrogen-bond acceptors (Lipinski definition) is 6. The summed E-state index contributed by atoms with van der Waals surface area (Å²) in [6.07, 6.45) is 2.75. The predicted octanol–water partition coefficient (Wildman–Crippen LogP) is 5.70. The lowest BCUT2D eigenvalue weighted by Crippen LogP contribution is -2.55. The van der Waals surface area contributed by atoms with E-state index in [-0.39, 0.29) is 31.5 Å². The van der Waals surface area contributed by atoms with Crippen molar-refractivity contribution in [2.75, 3.05) is 11.9 Å². The van der Waals surface area contributed by atoms with E-state index >= 15 is 0 Å². The fourth-order valence-corrected chi connectivity index (χ4v) is 6.53. The molecule has 0 bridgehead atoms. The molecule has 2 aliphatic heterocycles. The first-order valence-corrected chi connectivity index (χ1v) is 15.6. The Morgan fingerprint density at radius 1 is 1.11 bits per heavy atom. The second kappa shape index (κ2) is 12.8. The number of nitrogens with zero attached hydrogens (tertiary/aromatic N) is 2. The molecule has 0 unspecified atom stereocenters. The van der Waals surface area contributed by atoms with Crippen molar-refractivity contribution in [1.82, 2.24) is 15.2 Å².